The number of nitrogens with zero attached hydrogens (tertiary/aromatic N) is 1. The summed E-state index contributed by atoms with van der Waals surface area (Å²) in [4.78, 5) is 12.0. The van der Waals surface area contributed by atoms with Crippen LogP contribution in [-0.4, -0.2) is 16.2 Å². The second-order valence-corrected chi connectivity index (χ2v) is 7.33. The molecular formula is C26H21ClN2O2. The van der Waals surface area contributed by atoms with E-state index in [1.54, 1.807) is 12.3 Å². The van der Waals surface area contributed by atoms with Gasteiger partial charge < -0.3 is 4.74 Å². The van der Waals surface area contributed by atoms with Gasteiger partial charge in [0.05, 0.1) is 16.7 Å². The summed E-state index contributed by atoms with van der Waals surface area (Å²) in [6, 6.07) is 21.5. The maximum absolute atomic E-state index is 12.0. The van der Waals surface area contributed by atoms with Gasteiger partial charge in [0.2, 0.25) is 0 Å². The van der Waals surface area contributed by atoms with Crippen LogP contribution in [0.4, 0.5) is 0 Å². The fourth-order valence-corrected chi connectivity index (χ4v) is 4.03. The minimum Gasteiger partial charge on any atom is -0.423 e. The summed E-state index contributed by atoms with van der Waals surface area (Å²) in [5.41, 5.74) is 5.56. The first-order valence-electron chi connectivity index (χ1n) is 9.98. The van der Waals surface area contributed by atoms with Gasteiger partial charge in [-0.3, -0.25) is 5.10 Å². The summed E-state index contributed by atoms with van der Waals surface area (Å²) in [5, 5.41) is 8.50. The first kappa shape index (κ1) is 20.6. The number of ether oxygens (including phenoxy) is 1. The van der Waals surface area contributed by atoms with Crippen molar-refractivity contribution >= 4 is 39.6 Å². The number of halogens is 1. The second-order valence-electron chi connectivity index (χ2n) is 6.95. The molecule has 4 rings (SSSR count). The van der Waals surface area contributed by atoms with E-state index in [1.165, 1.54) is 0 Å². The Hall–Kier alpha value is -3.63. The van der Waals surface area contributed by atoms with Crippen molar-refractivity contribution in [3.05, 3.63) is 107 Å². The normalized spacial score (nSPS) is 11.8. The zero-order valence-corrected chi connectivity index (χ0v) is 17.8. The van der Waals surface area contributed by atoms with Crippen LogP contribution in [0.5, 0.6) is 5.75 Å². The number of fused-ring (bicyclic) bond motifs is 1. The number of rotatable bonds is 6. The summed E-state index contributed by atoms with van der Waals surface area (Å²) in [7, 11) is 0. The molecule has 0 amide bonds. The highest BCUT2D eigenvalue weighted by atomic mass is 35.5. The number of para-hydroxylation sites is 1. The van der Waals surface area contributed by atoms with E-state index in [0.29, 0.717) is 10.8 Å². The molecule has 1 N–H and O–H groups in total. The zero-order chi connectivity index (χ0) is 21.8. The Balaban J connectivity index is 2.06. The molecule has 5 heteroatoms. The number of benzene rings is 3. The maximum Gasteiger partial charge on any atom is 0.335 e. The number of carbonyl (C=O) groups is 1. The van der Waals surface area contributed by atoms with Gasteiger partial charge in [-0.1, -0.05) is 79.7 Å². The Kier molecular flexibility index (Phi) is 6.01. The fourth-order valence-electron chi connectivity index (χ4n) is 3.72. The molecule has 31 heavy (non-hydrogen) atoms. The first-order valence-corrected chi connectivity index (χ1v) is 10.4. The maximum atomic E-state index is 12.0. The first-order chi connectivity index (χ1) is 15.1. The van der Waals surface area contributed by atoms with E-state index in [2.05, 4.69) is 35.8 Å². The Labute approximate surface area is 185 Å². The average molecular weight is 429 g/mol. The predicted octanol–water partition coefficient (Wildman–Crippen LogP) is 6.68. The highest BCUT2D eigenvalue weighted by Gasteiger charge is 2.21. The molecule has 0 fully saturated rings. The Bertz CT molecular complexity index is 1290. The number of allylic oxidation sites excluding steroid dienone is 1. The molecule has 0 atom stereocenters. The third kappa shape index (κ3) is 4.03. The summed E-state index contributed by atoms with van der Waals surface area (Å²) >= 11 is 6.88. The Morgan fingerprint density at radius 1 is 1.06 bits per heavy atom. The predicted molar refractivity (Wildman–Crippen MR) is 126 cm³/mol. The number of aromatic nitrogens is 2. The van der Waals surface area contributed by atoms with Crippen LogP contribution >= 0.6 is 11.6 Å². The molecule has 0 spiro atoms. The second kappa shape index (κ2) is 9.02. The molecule has 0 aliphatic heterocycles. The van der Waals surface area contributed by atoms with Crippen molar-refractivity contribution in [2.75, 3.05) is 0 Å². The van der Waals surface area contributed by atoms with Gasteiger partial charge in [0, 0.05) is 22.6 Å². The summed E-state index contributed by atoms with van der Waals surface area (Å²) in [6.07, 6.45) is 3.63. The van der Waals surface area contributed by atoms with E-state index in [-0.39, 0.29) is 0 Å². The van der Waals surface area contributed by atoms with Gasteiger partial charge in [-0.2, -0.15) is 5.10 Å². The molecule has 1 aromatic heterocycles. The third-order valence-electron chi connectivity index (χ3n) is 5.14. The van der Waals surface area contributed by atoms with Crippen LogP contribution in [0, 0.1) is 0 Å². The standard InChI is InChI=1S/C26H21ClN2O2/c1-3-18(17-10-6-5-7-11-17)25(19-12-8-9-13-23(19)31-24(30)4-2)20-14-15-22-21(26(20)27)16-28-29-22/h4-16H,2-3H2,1H3,(H,28,29)/b25-18+. The molecule has 3 aromatic carbocycles. The Morgan fingerprint density at radius 2 is 1.81 bits per heavy atom. The molecule has 0 aliphatic carbocycles. The van der Waals surface area contributed by atoms with Gasteiger partial charge in [-0.05, 0) is 35.3 Å². The zero-order valence-electron chi connectivity index (χ0n) is 17.1. The van der Waals surface area contributed by atoms with Gasteiger partial charge in [0.15, 0.2) is 0 Å². The van der Waals surface area contributed by atoms with Crippen molar-refractivity contribution in [3.8, 4) is 5.75 Å². The van der Waals surface area contributed by atoms with Crippen LogP contribution in [0.2, 0.25) is 5.02 Å². The van der Waals surface area contributed by atoms with Crippen LogP contribution in [0.25, 0.3) is 22.0 Å². The van der Waals surface area contributed by atoms with Crippen molar-refractivity contribution < 1.29 is 9.53 Å². The minimum atomic E-state index is -0.513. The lowest BCUT2D eigenvalue weighted by molar-refractivity contribution is -0.128. The van der Waals surface area contributed by atoms with E-state index in [1.807, 2.05) is 48.5 Å². The van der Waals surface area contributed by atoms with E-state index in [0.717, 1.165) is 51.2 Å². The topological polar surface area (TPSA) is 55.0 Å². The summed E-state index contributed by atoms with van der Waals surface area (Å²) in [6.45, 7) is 5.61. The van der Waals surface area contributed by atoms with E-state index < -0.39 is 5.97 Å². The number of esters is 1. The van der Waals surface area contributed by atoms with Gasteiger partial charge >= 0.3 is 5.97 Å². The monoisotopic (exact) mass is 428 g/mol. The molecule has 0 bridgehead atoms. The van der Waals surface area contributed by atoms with Crippen LogP contribution in [-0.2, 0) is 4.79 Å². The quantitative estimate of drug-likeness (QED) is 0.161. The van der Waals surface area contributed by atoms with Gasteiger partial charge in [0.1, 0.15) is 5.75 Å². The minimum absolute atomic E-state index is 0.452. The number of carbonyl (C=O) groups excluding carboxylic acids is 1. The van der Waals surface area contributed by atoms with Crippen molar-refractivity contribution in [2.45, 2.75) is 13.3 Å². The van der Waals surface area contributed by atoms with Gasteiger partial charge in [-0.25, -0.2) is 4.79 Å². The van der Waals surface area contributed by atoms with Crippen LogP contribution in [0.3, 0.4) is 0 Å². The van der Waals surface area contributed by atoms with Gasteiger partial charge in [-0.15, -0.1) is 0 Å². The average Bonchev–Trinajstić information content (AvgIpc) is 3.29. The molecule has 0 saturated carbocycles. The third-order valence-corrected chi connectivity index (χ3v) is 5.55. The van der Waals surface area contributed by atoms with Crippen LogP contribution in [0.15, 0.2) is 85.6 Å². The largest absolute Gasteiger partial charge is 0.423 e. The molecule has 4 aromatic rings. The van der Waals surface area contributed by atoms with Crippen molar-refractivity contribution in [1.29, 1.82) is 0 Å². The number of hydrogen-bond donors (Lipinski definition) is 1. The highest BCUT2D eigenvalue weighted by molar-refractivity contribution is 6.37. The smallest absolute Gasteiger partial charge is 0.335 e. The summed E-state index contributed by atoms with van der Waals surface area (Å²) in [5.74, 6) is -0.0615. The molecule has 0 aliphatic rings. The van der Waals surface area contributed by atoms with Crippen molar-refractivity contribution in [1.82, 2.24) is 10.2 Å². The van der Waals surface area contributed by atoms with Crippen LogP contribution in [0.1, 0.15) is 30.0 Å². The lowest BCUT2D eigenvalue weighted by Crippen LogP contribution is -2.06. The van der Waals surface area contributed by atoms with Crippen LogP contribution < -0.4 is 4.74 Å². The number of nitrogens with one attached hydrogen (secondary N) is 1. The van der Waals surface area contributed by atoms with Crippen molar-refractivity contribution in [2.24, 2.45) is 0 Å². The molecule has 0 radical (unpaired) electrons. The molecule has 0 saturated heterocycles. The van der Waals surface area contributed by atoms with Crippen molar-refractivity contribution in [3.63, 3.8) is 0 Å². The van der Waals surface area contributed by atoms with E-state index in [9.17, 15) is 4.79 Å². The fraction of sp³-hybridized carbons (Fsp3) is 0.0769. The van der Waals surface area contributed by atoms with Gasteiger partial charge in [0.25, 0.3) is 0 Å². The SMILES string of the molecule is C=CC(=O)Oc1ccccc1/C(=C(/CC)c1ccccc1)c1ccc2[nH]ncc2c1Cl. The number of H-pyrrole nitrogens is 1. The molecule has 154 valence electrons. The lowest BCUT2D eigenvalue weighted by Gasteiger charge is -2.19. The molecular weight excluding hydrogens is 408 g/mol. The highest BCUT2D eigenvalue weighted by Crippen LogP contribution is 2.42. The molecule has 4 nitrogen and oxygen atoms in total. The summed E-state index contributed by atoms with van der Waals surface area (Å²) < 4.78 is 5.59. The number of aromatic amines is 1. The molecule has 0 unspecified atom stereocenters. The van der Waals surface area contributed by atoms with E-state index in [4.69, 9.17) is 16.3 Å². The van der Waals surface area contributed by atoms with E-state index >= 15 is 0 Å². The Morgan fingerprint density at radius 3 is 2.55 bits per heavy atom. The molecule has 1 heterocycles. The number of hydrogen-bond acceptors (Lipinski definition) is 3. The lowest BCUT2D eigenvalue weighted by atomic mass is 9.87.